The van der Waals surface area contributed by atoms with E-state index in [1.54, 1.807) is 37.8 Å². The smallest absolute Gasteiger partial charge is 0.338 e. The third-order valence-corrected chi connectivity index (χ3v) is 9.17. The summed E-state index contributed by atoms with van der Waals surface area (Å²) >= 11 is 7.42. The van der Waals surface area contributed by atoms with Gasteiger partial charge in [-0.05, 0) is 80.4 Å². The monoisotopic (exact) mass is 653 g/mol. The first-order chi connectivity index (χ1) is 22.2. The quantitative estimate of drug-likeness (QED) is 0.192. The van der Waals surface area contributed by atoms with Crippen molar-refractivity contribution in [3.8, 4) is 17.2 Å². The number of hydrogen-bond donors (Lipinski definition) is 0. The van der Waals surface area contributed by atoms with Gasteiger partial charge in [0, 0.05) is 27.7 Å². The number of aryl methyl sites for hydroxylation is 1. The van der Waals surface area contributed by atoms with E-state index in [-0.39, 0.29) is 17.7 Å². The Morgan fingerprint density at radius 1 is 0.978 bits per heavy atom. The average molecular weight is 654 g/mol. The predicted molar refractivity (Wildman–Crippen MR) is 181 cm³/mol. The summed E-state index contributed by atoms with van der Waals surface area (Å²) in [7, 11) is 3.10. The highest BCUT2D eigenvalue weighted by Gasteiger charge is 2.35. The molecule has 1 aliphatic rings. The van der Waals surface area contributed by atoms with Crippen LogP contribution in [0.2, 0.25) is 5.02 Å². The van der Waals surface area contributed by atoms with Gasteiger partial charge in [-0.2, -0.15) is 0 Å². The molecule has 10 heteroatoms. The number of halogens is 1. The van der Waals surface area contributed by atoms with E-state index >= 15 is 0 Å². The van der Waals surface area contributed by atoms with Crippen molar-refractivity contribution in [2.75, 3.05) is 20.8 Å². The zero-order valence-electron chi connectivity index (χ0n) is 26.0. The van der Waals surface area contributed by atoms with Crippen LogP contribution in [0.15, 0.2) is 94.2 Å². The van der Waals surface area contributed by atoms with E-state index < -0.39 is 12.0 Å². The number of carbonyl (C=O) groups is 1. The number of ether oxygens (including phenoxy) is 3. The van der Waals surface area contributed by atoms with Crippen LogP contribution in [0, 0.1) is 13.8 Å². The zero-order chi connectivity index (χ0) is 32.5. The highest BCUT2D eigenvalue weighted by molar-refractivity contribution is 7.07. The minimum Gasteiger partial charge on any atom is -0.493 e. The number of carbonyl (C=O) groups excluding carboxylic acids is 1. The average Bonchev–Trinajstić information content (AvgIpc) is 3.53. The summed E-state index contributed by atoms with van der Waals surface area (Å²) in [5.74, 6) is 0.448. The maximum Gasteiger partial charge on any atom is 0.338 e. The predicted octanol–water partition coefficient (Wildman–Crippen LogP) is 6.01. The highest BCUT2D eigenvalue weighted by Crippen LogP contribution is 2.38. The summed E-state index contributed by atoms with van der Waals surface area (Å²) in [6, 6.07) is 23.7. The van der Waals surface area contributed by atoms with Crippen molar-refractivity contribution in [1.82, 2.24) is 9.13 Å². The fraction of sp³-hybridized carbons (Fsp3) is 0.194. The van der Waals surface area contributed by atoms with Gasteiger partial charge in [0.05, 0.1) is 42.7 Å². The molecule has 3 aromatic carbocycles. The van der Waals surface area contributed by atoms with E-state index in [0.29, 0.717) is 37.1 Å². The standard InChI is InChI=1S/C36H32ClN3O5S/c1-6-45-35(42)31-32(23-10-8-7-9-11-23)38-36-40(33(31)24-12-17-28(43-4)29(19-24)44-5)34(41)30(46-36)20-25-18-21(2)39(22(25)3)27-15-13-26(37)14-16-27/h7-20,33H,6H2,1-5H3/b30-20-/t33-/m1/s1. The number of fused-ring (bicyclic) bond motifs is 1. The van der Waals surface area contributed by atoms with E-state index in [4.69, 9.17) is 30.8 Å². The maximum absolute atomic E-state index is 14.4. The van der Waals surface area contributed by atoms with Crippen molar-refractivity contribution in [2.45, 2.75) is 26.8 Å². The Balaban J connectivity index is 1.61. The number of hydrogen-bond acceptors (Lipinski definition) is 7. The molecule has 8 nitrogen and oxygen atoms in total. The lowest BCUT2D eigenvalue weighted by Gasteiger charge is -2.26. The van der Waals surface area contributed by atoms with Crippen LogP contribution in [0.25, 0.3) is 17.5 Å². The number of rotatable bonds is 8. The minimum absolute atomic E-state index is 0.163. The summed E-state index contributed by atoms with van der Waals surface area (Å²) in [5.41, 5.74) is 5.69. The second kappa shape index (κ2) is 12.9. The van der Waals surface area contributed by atoms with Crippen LogP contribution in [0.5, 0.6) is 11.5 Å². The number of benzene rings is 3. The molecular weight excluding hydrogens is 622 g/mol. The molecular formula is C36H32ClN3O5S. The molecule has 3 heterocycles. The zero-order valence-corrected chi connectivity index (χ0v) is 27.6. The minimum atomic E-state index is -0.839. The number of aromatic nitrogens is 2. The molecule has 46 heavy (non-hydrogen) atoms. The summed E-state index contributed by atoms with van der Waals surface area (Å²) < 4.78 is 20.9. The summed E-state index contributed by atoms with van der Waals surface area (Å²) in [4.78, 5) is 33.6. The molecule has 1 atom stereocenters. The molecule has 2 aromatic heterocycles. The Bertz CT molecular complexity index is 2160. The molecule has 0 radical (unpaired) electrons. The molecule has 0 spiro atoms. The molecule has 234 valence electrons. The first-order valence-corrected chi connectivity index (χ1v) is 15.9. The van der Waals surface area contributed by atoms with E-state index in [9.17, 15) is 9.59 Å². The second-order valence-corrected chi connectivity index (χ2v) is 12.1. The molecule has 0 bridgehead atoms. The van der Waals surface area contributed by atoms with Gasteiger partial charge in [-0.3, -0.25) is 9.36 Å². The van der Waals surface area contributed by atoms with Crippen LogP contribution in [-0.4, -0.2) is 35.9 Å². The molecule has 0 aliphatic carbocycles. The van der Waals surface area contributed by atoms with Crippen LogP contribution in [0.1, 0.15) is 41.0 Å². The van der Waals surface area contributed by atoms with Gasteiger partial charge in [0.25, 0.3) is 5.56 Å². The van der Waals surface area contributed by atoms with Gasteiger partial charge in [-0.1, -0.05) is 59.3 Å². The second-order valence-electron chi connectivity index (χ2n) is 10.7. The molecule has 0 amide bonds. The van der Waals surface area contributed by atoms with Crippen molar-refractivity contribution in [1.29, 1.82) is 0 Å². The molecule has 6 rings (SSSR count). The lowest BCUT2D eigenvalue weighted by molar-refractivity contribution is -0.138. The van der Waals surface area contributed by atoms with Gasteiger partial charge in [-0.25, -0.2) is 9.79 Å². The van der Waals surface area contributed by atoms with E-state index in [2.05, 4.69) is 4.57 Å². The molecule has 0 N–H and O–H groups in total. The van der Waals surface area contributed by atoms with Crippen LogP contribution in [0.3, 0.4) is 0 Å². The lowest BCUT2D eigenvalue weighted by atomic mass is 9.93. The van der Waals surface area contributed by atoms with Crippen LogP contribution >= 0.6 is 22.9 Å². The maximum atomic E-state index is 14.4. The molecule has 1 aliphatic heterocycles. The molecule has 0 unspecified atom stereocenters. The summed E-state index contributed by atoms with van der Waals surface area (Å²) in [5, 5.41) is 0.661. The third-order valence-electron chi connectivity index (χ3n) is 7.94. The van der Waals surface area contributed by atoms with Gasteiger partial charge in [0.2, 0.25) is 0 Å². The van der Waals surface area contributed by atoms with E-state index in [1.165, 1.54) is 11.3 Å². The largest absolute Gasteiger partial charge is 0.493 e. The Hall–Kier alpha value is -4.86. The van der Waals surface area contributed by atoms with Gasteiger partial charge in [0.15, 0.2) is 16.3 Å². The fourth-order valence-electron chi connectivity index (χ4n) is 5.84. The van der Waals surface area contributed by atoms with E-state index in [1.807, 2.05) is 86.7 Å². The van der Waals surface area contributed by atoms with Crippen LogP contribution in [0.4, 0.5) is 0 Å². The first-order valence-electron chi connectivity index (χ1n) is 14.7. The van der Waals surface area contributed by atoms with E-state index in [0.717, 1.165) is 28.2 Å². The summed E-state index contributed by atoms with van der Waals surface area (Å²) in [6.07, 6.45) is 1.89. The number of methoxy groups -OCH3 is 2. The number of thiazole rings is 1. The molecule has 0 saturated heterocycles. The van der Waals surface area contributed by atoms with Gasteiger partial charge in [-0.15, -0.1) is 0 Å². The molecule has 5 aromatic rings. The lowest BCUT2D eigenvalue weighted by Crippen LogP contribution is -2.40. The van der Waals surface area contributed by atoms with Crippen molar-refractivity contribution < 1.29 is 19.0 Å². The molecule has 0 fully saturated rings. The highest BCUT2D eigenvalue weighted by atomic mass is 35.5. The van der Waals surface area contributed by atoms with Crippen molar-refractivity contribution >= 4 is 40.7 Å². The SMILES string of the molecule is CCOC(=O)C1=C(c2ccccc2)N=c2s/c(=C\c3cc(C)n(-c4ccc(Cl)cc4)c3C)c(=O)n2[C@@H]1c1ccc(OC)c(OC)c1. The number of esters is 1. The fourth-order valence-corrected chi connectivity index (χ4v) is 6.96. The Kier molecular flexibility index (Phi) is 8.71. The van der Waals surface area contributed by atoms with Crippen LogP contribution in [-0.2, 0) is 9.53 Å². The number of nitrogens with zero attached hydrogens (tertiary/aromatic N) is 3. The van der Waals surface area contributed by atoms with Crippen molar-refractivity contribution in [2.24, 2.45) is 4.99 Å². The Labute approximate surface area is 275 Å². The third kappa shape index (κ3) is 5.57. The topological polar surface area (TPSA) is 84.1 Å². The summed E-state index contributed by atoms with van der Waals surface area (Å²) in [6.45, 7) is 5.96. The first kappa shape index (κ1) is 31.1. The molecule has 0 saturated carbocycles. The Morgan fingerprint density at radius 3 is 2.37 bits per heavy atom. The Morgan fingerprint density at radius 2 is 1.70 bits per heavy atom. The van der Waals surface area contributed by atoms with Crippen LogP contribution < -0.4 is 24.4 Å². The van der Waals surface area contributed by atoms with Crippen molar-refractivity contribution in [3.63, 3.8) is 0 Å². The van der Waals surface area contributed by atoms with Crippen molar-refractivity contribution in [3.05, 3.63) is 137 Å². The van der Waals surface area contributed by atoms with Gasteiger partial charge < -0.3 is 18.8 Å². The van der Waals surface area contributed by atoms with Gasteiger partial charge >= 0.3 is 5.97 Å². The normalized spacial score (nSPS) is 14.6. The van der Waals surface area contributed by atoms with Gasteiger partial charge in [0.1, 0.15) is 0 Å².